The minimum absolute atomic E-state index is 0.239. The van der Waals surface area contributed by atoms with Crippen LogP contribution in [0.3, 0.4) is 0 Å². The van der Waals surface area contributed by atoms with Gasteiger partial charge >= 0.3 is 0 Å². The third-order valence-electron chi connectivity index (χ3n) is 2.67. The molecule has 7 heteroatoms. The summed E-state index contributed by atoms with van der Waals surface area (Å²) in [6, 6.07) is 5.89. The maximum absolute atomic E-state index is 13.8. The largest absolute Gasteiger partial charge is 0.384 e. The number of anilines is 1. The van der Waals surface area contributed by atoms with Gasteiger partial charge in [-0.05, 0) is 12.1 Å². The Morgan fingerprint density at radius 2 is 1.80 bits per heavy atom. The molecule has 0 radical (unpaired) electrons. The molecule has 3 N–H and O–H groups in total. The summed E-state index contributed by atoms with van der Waals surface area (Å²) in [5.74, 6) is -2.10. The second kappa shape index (κ2) is 4.82. The third-order valence-corrected chi connectivity index (χ3v) is 2.67. The first-order valence-electron chi connectivity index (χ1n) is 5.31. The highest BCUT2D eigenvalue weighted by Crippen LogP contribution is 2.30. The molecule has 0 saturated carbocycles. The van der Waals surface area contributed by atoms with E-state index in [0.717, 1.165) is 12.1 Å². The van der Waals surface area contributed by atoms with Gasteiger partial charge in [0.15, 0.2) is 0 Å². The molecule has 5 nitrogen and oxygen atoms in total. The average Bonchev–Trinajstić information content (AvgIpc) is 2.38. The van der Waals surface area contributed by atoms with Crippen LogP contribution < -0.4 is 11.3 Å². The monoisotopic (exact) mass is 272 g/mol. The topological polar surface area (TPSA) is 106 Å². The Kier molecular flexibility index (Phi) is 3.20. The molecule has 0 spiro atoms. The van der Waals surface area contributed by atoms with E-state index in [-0.39, 0.29) is 22.5 Å². The fraction of sp³-hybridized carbons (Fsp3) is 0. The van der Waals surface area contributed by atoms with Crippen molar-refractivity contribution in [2.75, 3.05) is 5.73 Å². The molecular formula is C13H6F2N4O. The molecule has 0 saturated heterocycles. The van der Waals surface area contributed by atoms with Crippen LogP contribution in [0.4, 0.5) is 14.6 Å². The van der Waals surface area contributed by atoms with Crippen molar-refractivity contribution >= 4 is 5.82 Å². The Labute approximate surface area is 111 Å². The summed E-state index contributed by atoms with van der Waals surface area (Å²) >= 11 is 0. The minimum atomic E-state index is -0.997. The van der Waals surface area contributed by atoms with E-state index in [2.05, 4.69) is 4.98 Å². The fourth-order valence-corrected chi connectivity index (χ4v) is 1.80. The summed E-state index contributed by atoms with van der Waals surface area (Å²) in [5.41, 5.74) is 3.46. The van der Waals surface area contributed by atoms with Crippen LogP contribution in [0.25, 0.3) is 11.1 Å². The second-order valence-electron chi connectivity index (χ2n) is 3.84. The lowest BCUT2D eigenvalue weighted by molar-refractivity contribution is 0.585. The fourth-order valence-electron chi connectivity index (χ4n) is 1.80. The molecule has 20 heavy (non-hydrogen) atoms. The number of benzene rings is 1. The van der Waals surface area contributed by atoms with E-state index in [4.69, 9.17) is 16.3 Å². The molecule has 0 aliphatic rings. The van der Waals surface area contributed by atoms with Gasteiger partial charge in [-0.2, -0.15) is 10.5 Å². The Hall–Kier alpha value is -3.19. The predicted molar refractivity (Wildman–Crippen MR) is 66.3 cm³/mol. The van der Waals surface area contributed by atoms with Crippen LogP contribution in [-0.2, 0) is 0 Å². The smallest absolute Gasteiger partial charge is 0.268 e. The maximum Gasteiger partial charge on any atom is 0.268 e. The van der Waals surface area contributed by atoms with Gasteiger partial charge in [0, 0.05) is 17.2 Å². The van der Waals surface area contributed by atoms with E-state index in [1.807, 2.05) is 0 Å². The van der Waals surface area contributed by atoms with Gasteiger partial charge in [0.05, 0.1) is 0 Å². The van der Waals surface area contributed by atoms with E-state index in [1.165, 1.54) is 0 Å². The normalized spacial score (nSPS) is 9.80. The number of aromatic amines is 1. The Bertz CT molecular complexity index is 843. The Balaban J connectivity index is 2.97. The summed E-state index contributed by atoms with van der Waals surface area (Å²) in [6.07, 6.45) is 0. The van der Waals surface area contributed by atoms with Crippen molar-refractivity contribution in [3.05, 3.63) is 51.3 Å². The standard InChI is InChI=1S/C13H6F2N4O/c14-6-1-2-7(10(15)3-6)11-8(4-16)12(18)19-13(20)9(11)5-17/h1-3H,(H3,18,19,20). The quantitative estimate of drug-likeness (QED) is 0.822. The van der Waals surface area contributed by atoms with Gasteiger partial charge < -0.3 is 10.7 Å². The molecular weight excluding hydrogens is 266 g/mol. The minimum Gasteiger partial charge on any atom is -0.384 e. The number of nitrogens with zero attached hydrogens (tertiary/aromatic N) is 2. The molecule has 0 fully saturated rings. The zero-order chi connectivity index (χ0) is 14.9. The van der Waals surface area contributed by atoms with Gasteiger partial charge in [0.1, 0.15) is 40.7 Å². The first-order chi connectivity index (χ1) is 9.49. The Morgan fingerprint density at radius 1 is 1.15 bits per heavy atom. The molecule has 2 aromatic rings. The lowest BCUT2D eigenvalue weighted by Gasteiger charge is -2.09. The van der Waals surface area contributed by atoms with Crippen molar-refractivity contribution in [1.29, 1.82) is 10.5 Å². The summed E-state index contributed by atoms with van der Waals surface area (Å²) in [6.45, 7) is 0. The van der Waals surface area contributed by atoms with Crippen molar-refractivity contribution < 1.29 is 8.78 Å². The number of aromatic nitrogens is 1. The number of nitrogens with one attached hydrogen (secondary N) is 1. The van der Waals surface area contributed by atoms with Gasteiger partial charge in [-0.1, -0.05) is 0 Å². The molecule has 0 amide bonds. The van der Waals surface area contributed by atoms with Crippen molar-refractivity contribution in [2.45, 2.75) is 0 Å². The van der Waals surface area contributed by atoms with Crippen LogP contribution in [0.2, 0.25) is 0 Å². The zero-order valence-electron chi connectivity index (χ0n) is 9.87. The van der Waals surface area contributed by atoms with Crippen LogP contribution in [0.1, 0.15) is 11.1 Å². The lowest BCUT2D eigenvalue weighted by Crippen LogP contribution is -2.16. The van der Waals surface area contributed by atoms with Crippen molar-refractivity contribution in [2.24, 2.45) is 0 Å². The van der Waals surface area contributed by atoms with Gasteiger partial charge in [-0.15, -0.1) is 0 Å². The number of nitrogen functional groups attached to an aromatic ring is 1. The third kappa shape index (κ3) is 1.98. The average molecular weight is 272 g/mol. The number of hydrogen-bond acceptors (Lipinski definition) is 4. The van der Waals surface area contributed by atoms with E-state index in [1.54, 1.807) is 12.1 Å². The van der Waals surface area contributed by atoms with Crippen molar-refractivity contribution in [3.63, 3.8) is 0 Å². The number of pyridine rings is 1. The zero-order valence-corrected chi connectivity index (χ0v) is 9.87. The van der Waals surface area contributed by atoms with Crippen LogP contribution in [0.5, 0.6) is 0 Å². The van der Waals surface area contributed by atoms with Gasteiger partial charge in [0.2, 0.25) is 0 Å². The number of rotatable bonds is 1. The molecule has 1 heterocycles. The van der Waals surface area contributed by atoms with Crippen LogP contribution in [0.15, 0.2) is 23.0 Å². The number of H-pyrrole nitrogens is 1. The summed E-state index contributed by atoms with van der Waals surface area (Å²) in [7, 11) is 0. The second-order valence-corrected chi connectivity index (χ2v) is 3.84. The maximum atomic E-state index is 13.8. The number of nitrogens with two attached hydrogens (primary N) is 1. The molecule has 0 atom stereocenters. The highest BCUT2D eigenvalue weighted by molar-refractivity contribution is 5.80. The van der Waals surface area contributed by atoms with E-state index in [9.17, 15) is 13.6 Å². The lowest BCUT2D eigenvalue weighted by atomic mass is 9.96. The molecule has 1 aromatic heterocycles. The van der Waals surface area contributed by atoms with Crippen LogP contribution in [0, 0.1) is 34.3 Å². The molecule has 98 valence electrons. The molecule has 2 rings (SSSR count). The van der Waals surface area contributed by atoms with Crippen molar-refractivity contribution in [1.82, 2.24) is 4.98 Å². The van der Waals surface area contributed by atoms with E-state index in [0.29, 0.717) is 6.07 Å². The molecule has 0 aliphatic heterocycles. The molecule has 0 bridgehead atoms. The Morgan fingerprint density at radius 3 is 2.35 bits per heavy atom. The van der Waals surface area contributed by atoms with Gasteiger partial charge in [-0.25, -0.2) is 8.78 Å². The molecule has 0 aliphatic carbocycles. The highest BCUT2D eigenvalue weighted by Gasteiger charge is 2.20. The first kappa shape index (κ1) is 13.2. The van der Waals surface area contributed by atoms with Gasteiger partial charge in [-0.3, -0.25) is 4.79 Å². The first-order valence-corrected chi connectivity index (χ1v) is 5.31. The van der Waals surface area contributed by atoms with Crippen LogP contribution in [-0.4, -0.2) is 4.98 Å². The van der Waals surface area contributed by atoms with E-state index < -0.39 is 22.8 Å². The number of nitriles is 2. The predicted octanol–water partition coefficient (Wildman–Crippen LogP) is 1.65. The molecule has 1 aromatic carbocycles. The SMILES string of the molecule is N#Cc1c(N)[nH]c(=O)c(C#N)c1-c1ccc(F)cc1F. The highest BCUT2D eigenvalue weighted by atomic mass is 19.1. The van der Waals surface area contributed by atoms with Gasteiger partial charge in [0.25, 0.3) is 5.56 Å². The van der Waals surface area contributed by atoms with E-state index >= 15 is 0 Å². The summed E-state index contributed by atoms with van der Waals surface area (Å²) < 4.78 is 26.7. The van der Waals surface area contributed by atoms with Crippen LogP contribution >= 0.6 is 0 Å². The number of halogens is 2. The summed E-state index contributed by atoms with van der Waals surface area (Å²) in [5, 5.41) is 18.1. The number of hydrogen-bond donors (Lipinski definition) is 2. The summed E-state index contributed by atoms with van der Waals surface area (Å²) in [4.78, 5) is 13.8. The van der Waals surface area contributed by atoms with Crippen molar-refractivity contribution in [3.8, 4) is 23.3 Å². The molecule has 0 unspecified atom stereocenters.